The van der Waals surface area contributed by atoms with Gasteiger partial charge in [0.15, 0.2) is 5.69 Å². The fourth-order valence-corrected chi connectivity index (χ4v) is 3.28. The number of amides is 1. The summed E-state index contributed by atoms with van der Waals surface area (Å²) in [6.45, 7) is 5.17. The Hall–Kier alpha value is -3.12. The molecule has 0 bridgehead atoms. The van der Waals surface area contributed by atoms with Crippen molar-refractivity contribution in [3.05, 3.63) is 65.8 Å². The van der Waals surface area contributed by atoms with Gasteiger partial charge >= 0.3 is 0 Å². The number of hydrogen-bond acceptors (Lipinski definition) is 4. The number of halogens is 1. The first kappa shape index (κ1) is 18.3. The highest BCUT2D eigenvalue weighted by Gasteiger charge is 2.19. The second kappa shape index (κ2) is 7.48. The van der Waals surface area contributed by atoms with E-state index >= 15 is 0 Å². The van der Waals surface area contributed by atoms with E-state index in [1.165, 1.54) is 6.26 Å². The lowest BCUT2D eigenvalue weighted by molar-refractivity contribution is 0.102. The van der Waals surface area contributed by atoms with Gasteiger partial charge in [0.1, 0.15) is 12.1 Å². The van der Waals surface area contributed by atoms with Gasteiger partial charge in [-0.05, 0) is 36.2 Å². The summed E-state index contributed by atoms with van der Waals surface area (Å²) < 4.78 is 7.78. The highest BCUT2D eigenvalue weighted by atomic mass is 35.5. The Labute approximate surface area is 167 Å². The molecule has 0 atom stereocenters. The molecule has 4 aromatic rings. The molecule has 0 unspecified atom stereocenters. The molecule has 0 aliphatic carbocycles. The highest BCUT2D eigenvalue weighted by Crippen LogP contribution is 2.32. The van der Waals surface area contributed by atoms with E-state index in [2.05, 4.69) is 33.7 Å². The summed E-state index contributed by atoms with van der Waals surface area (Å²) in [5.41, 5.74) is 2.04. The van der Waals surface area contributed by atoms with Crippen LogP contribution in [0.1, 0.15) is 24.3 Å². The topological polar surface area (TPSA) is 73.0 Å². The largest absolute Gasteiger partial charge is 0.444 e. The maximum atomic E-state index is 12.4. The van der Waals surface area contributed by atoms with Crippen molar-refractivity contribution in [2.45, 2.75) is 20.4 Å². The third-order valence-corrected chi connectivity index (χ3v) is 4.51. The van der Waals surface area contributed by atoms with Crippen molar-refractivity contribution in [3.8, 4) is 11.5 Å². The molecule has 0 aliphatic rings. The predicted molar refractivity (Wildman–Crippen MR) is 109 cm³/mol. The number of anilines is 1. The van der Waals surface area contributed by atoms with Crippen molar-refractivity contribution in [1.29, 1.82) is 0 Å². The Kier molecular flexibility index (Phi) is 4.88. The molecule has 0 saturated heterocycles. The summed E-state index contributed by atoms with van der Waals surface area (Å²) >= 11 is 6.21. The lowest BCUT2D eigenvalue weighted by atomic mass is 10.2. The Bertz CT molecular complexity index is 1130. The van der Waals surface area contributed by atoms with Gasteiger partial charge in [0.25, 0.3) is 5.91 Å². The van der Waals surface area contributed by atoms with Gasteiger partial charge in [-0.3, -0.25) is 4.79 Å². The second-order valence-electron chi connectivity index (χ2n) is 6.96. The Morgan fingerprint density at radius 1 is 1.29 bits per heavy atom. The van der Waals surface area contributed by atoms with Gasteiger partial charge < -0.3 is 14.3 Å². The fourth-order valence-electron chi connectivity index (χ4n) is 3.10. The van der Waals surface area contributed by atoms with Crippen LogP contribution in [-0.2, 0) is 6.54 Å². The molecule has 4 rings (SSSR count). The number of fused-ring (bicyclic) bond motifs is 1. The number of nitrogens with one attached hydrogen (secondary N) is 1. The molecule has 0 radical (unpaired) electrons. The van der Waals surface area contributed by atoms with E-state index in [0.29, 0.717) is 22.6 Å². The van der Waals surface area contributed by atoms with Gasteiger partial charge in [0.05, 0.1) is 5.56 Å². The maximum absolute atomic E-state index is 12.4. The number of carbonyl (C=O) groups excluding carboxylic acids is 1. The molecular weight excluding hydrogens is 376 g/mol. The number of aromatic nitrogens is 3. The van der Waals surface area contributed by atoms with Crippen LogP contribution in [-0.4, -0.2) is 20.4 Å². The van der Waals surface area contributed by atoms with Gasteiger partial charge in [-0.1, -0.05) is 31.5 Å². The van der Waals surface area contributed by atoms with E-state index in [4.69, 9.17) is 16.0 Å². The van der Waals surface area contributed by atoms with Crippen LogP contribution < -0.4 is 5.32 Å². The number of nitrogens with zero attached hydrogens (tertiary/aromatic N) is 3. The summed E-state index contributed by atoms with van der Waals surface area (Å²) in [6.07, 6.45) is 4.95. The summed E-state index contributed by atoms with van der Waals surface area (Å²) in [5.74, 6) is 0.930. The number of benzene rings is 1. The van der Waals surface area contributed by atoms with Crippen LogP contribution in [0, 0.1) is 5.92 Å². The van der Waals surface area contributed by atoms with E-state index in [-0.39, 0.29) is 11.6 Å². The van der Waals surface area contributed by atoms with Crippen LogP contribution in [0.5, 0.6) is 0 Å². The van der Waals surface area contributed by atoms with Crippen LogP contribution in [0.25, 0.3) is 22.4 Å². The molecule has 28 heavy (non-hydrogen) atoms. The SMILES string of the molecule is CC(C)Cn1cc(-c2nc(C(=O)Nc3ccccn3)co2)c2cc(Cl)ccc21. The molecule has 3 heterocycles. The smallest absolute Gasteiger partial charge is 0.278 e. The average molecular weight is 395 g/mol. The van der Waals surface area contributed by atoms with Gasteiger partial charge in [-0.2, -0.15) is 0 Å². The zero-order chi connectivity index (χ0) is 19.7. The van der Waals surface area contributed by atoms with Crippen LogP contribution in [0.15, 0.2) is 59.5 Å². The summed E-state index contributed by atoms with van der Waals surface area (Å²) in [5, 5.41) is 4.27. The Balaban J connectivity index is 1.69. The number of rotatable bonds is 5. The fraction of sp³-hybridized carbons (Fsp3) is 0.190. The number of hydrogen-bond donors (Lipinski definition) is 1. The molecule has 7 heteroatoms. The van der Waals surface area contributed by atoms with Gasteiger partial charge in [0.2, 0.25) is 5.89 Å². The standard InChI is InChI=1S/C21H19ClN4O2/c1-13(2)10-26-11-16(15-9-14(22)6-7-18(15)26)21-24-17(12-28-21)20(27)25-19-5-3-4-8-23-19/h3-9,11-13H,10H2,1-2H3,(H,23,25,27). The third-order valence-electron chi connectivity index (χ3n) is 4.28. The van der Waals surface area contributed by atoms with E-state index in [0.717, 1.165) is 23.0 Å². The van der Waals surface area contributed by atoms with Gasteiger partial charge in [-0.25, -0.2) is 9.97 Å². The van der Waals surface area contributed by atoms with Gasteiger partial charge in [-0.15, -0.1) is 0 Å². The predicted octanol–water partition coefficient (Wildman–Crippen LogP) is 5.25. The van der Waals surface area contributed by atoms with Gasteiger partial charge in [0, 0.05) is 34.9 Å². The lowest BCUT2D eigenvalue weighted by Crippen LogP contribution is -2.13. The van der Waals surface area contributed by atoms with Crippen molar-refractivity contribution >= 4 is 34.2 Å². The highest BCUT2D eigenvalue weighted by molar-refractivity contribution is 6.31. The first-order valence-corrected chi connectivity index (χ1v) is 9.35. The average Bonchev–Trinajstić information content (AvgIpc) is 3.27. The van der Waals surface area contributed by atoms with Crippen LogP contribution >= 0.6 is 11.6 Å². The minimum absolute atomic E-state index is 0.187. The van der Waals surface area contributed by atoms with E-state index in [1.54, 1.807) is 24.4 Å². The van der Waals surface area contributed by atoms with E-state index in [9.17, 15) is 4.79 Å². The minimum atomic E-state index is -0.377. The van der Waals surface area contributed by atoms with Crippen molar-refractivity contribution in [2.24, 2.45) is 5.92 Å². The van der Waals surface area contributed by atoms with Crippen molar-refractivity contribution in [2.75, 3.05) is 5.32 Å². The molecule has 1 aromatic carbocycles. The monoisotopic (exact) mass is 394 g/mol. The zero-order valence-corrected chi connectivity index (χ0v) is 16.3. The lowest BCUT2D eigenvalue weighted by Gasteiger charge is -2.07. The summed E-state index contributed by atoms with van der Waals surface area (Å²) in [6, 6.07) is 11.0. The van der Waals surface area contributed by atoms with Crippen molar-refractivity contribution in [3.63, 3.8) is 0 Å². The molecule has 142 valence electrons. The minimum Gasteiger partial charge on any atom is -0.444 e. The molecule has 6 nitrogen and oxygen atoms in total. The van der Waals surface area contributed by atoms with Crippen LogP contribution in [0.4, 0.5) is 5.82 Å². The van der Waals surface area contributed by atoms with E-state index in [1.807, 2.05) is 24.4 Å². The second-order valence-corrected chi connectivity index (χ2v) is 7.39. The molecule has 0 spiro atoms. The molecule has 1 N–H and O–H groups in total. The quantitative estimate of drug-likeness (QED) is 0.501. The molecule has 0 aliphatic heterocycles. The maximum Gasteiger partial charge on any atom is 0.278 e. The van der Waals surface area contributed by atoms with Crippen LogP contribution in [0.3, 0.4) is 0 Å². The summed E-state index contributed by atoms with van der Waals surface area (Å²) in [7, 11) is 0. The number of pyridine rings is 1. The summed E-state index contributed by atoms with van der Waals surface area (Å²) in [4.78, 5) is 20.9. The van der Waals surface area contributed by atoms with E-state index < -0.39 is 0 Å². The molecule has 1 amide bonds. The zero-order valence-electron chi connectivity index (χ0n) is 15.5. The third kappa shape index (κ3) is 3.64. The Morgan fingerprint density at radius 2 is 2.14 bits per heavy atom. The molecule has 0 saturated carbocycles. The first-order chi connectivity index (χ1) is 13.5. The molecule has 0 fully saturated rings. The Morgan fingerprint density at radius 3 is 2.89 bits per heavy atom. The van der Waals surface area contributed by atoms with Crippen molar-refractivity contribution < 1.29 is 9.21 Å². The normalized spacial score (nSPS) is 11.3. The molecular formula is C21H19ClN4O2. The first-order valence-electron chi connectivity index (χ1n) is 8.98. The number of oxazole rings is 1. The van der Waals surface area contributed by atoms with Crippen LogP contribution in [0.2, 0.25) is 5.02 Å². The number of carbonyl (C=O) groups is 1. The van der Waals surface area contributed by atoms with Crippen molar-refractivity contribution in [1.82, 2.24) is 14.5 Å². The molecule has 3 aromatic heterocycles.